The fourth-order valence-corrected chi connectivity index (χ4v) is 4.17. The van der Waals surface area contributed by atoms with Crippen LogP contribution in [0.1, 0.15) is 39.1 Å². The molecule has 2 aromatic carbocycles. The highest BCUT2D eigenvalue weighted by Crippen LogP contribution is 2.34. The minimum atomic E-state index is -0.524. The molecule has 0 radical (unpaired) electrons. The van der Waals surface area contributed by atoms with Crippen molar-refractivity contribution in [2.45, 2.75) is 18.3 Å². The number of nitrogens with zero attached hydrogens (tertiary/aromatic N) is 3. The van der Waals surface area contributed by atoms with E-state index < -0.39 is 17.2 Å². The molecule has 0 unspecified atom stereocenters. The summed E-state index contributed by atoms with van der Waals surface area (Å²) in [5.41, 5.74) is 1.19. The lowest BCUT2D eigenvalue weighted by Crippen LogP contribution is -2.46. The van der Waals surface area contributed by atoms with Crippen molar-refractivity contribution in [3.8, 4) is 6.07 Å². The number of likely N-dealkylation sites (tertiary alicyclic amines) is 1. The van der Waals surface area contributed by atoms with E-state index in [1.165, 1.54) is 0 Å². The number of nitriles is 1. The molecule has 0 bridgehead atoms. The Morgan fingerprint density at radius 3 is 2.00 bits per heavy atom. The Hall–Kier alpha value is -3.30. The molecule has 2 aromatic rings. The molecule has 2 amide bonds. The second-order valence-corrected chi connectivity index (χ2v) is 7.62. The number of benzene rings is 2. The number of carbonyl (C=O) groups excluding carboxylic acids is 3. The monoisotopic (exact) mass is 387 g/mol. The number of carbonyl (C=O) groups is 3. The van der Waals surface area contributed by atoms with Crippen LogP contribution in [0.2, 0.25) is 0 Å². The molecule has 1 fully saturated rings. The van der Waals surface area contributed by atoms with Crippen LogP contribution >= 0.6 is 0 Å². The Morgan fingerprint density at radius 2 is 1.45 bits per heavy atom. The first-order chi connectivity index (χ1) is 14.0. The number of amides is 2. The van der Waals surface area contributed by atoms with Gasteiger partial charge >= 0.3 is 0 Å². The predicted octanol–water partition coefficient (Wildman–Crippen LogP) is 2.41. The standard InChI is InChI=1S/C23H21N3O3/c24-16-23(17-6-2-1-3-7-17)10-12-25(13-11-23)14-18(27)15-26-21(28)19-8-4-5-9-20(19)22(26)29/h1-9H,10-15H2. The summed E-state index contributed by atoms with van der Waals surface area (Å²) in [6.45, 7) is 1.20. The van der Waals surface area contributed by atoms with Gasteiger partial charge in [0.25, 0.3) is 11.8 Å². The van der Waals surface area contributed by atoms with Gasteiger partial charge < -0.3 is 0 Å². The zero-order valence-electron chi connectivity index (χ0n) is 16.0. The van der Waals surface area contributed by atoms with Gasteiger partial charge in [0.2, 0.25) is 0 Å². The minimum Gasteiger partial charge on any atom is -0.296 e. The third kappa shape index (κ3) is 3.45. The van der Waals surface area contributed by atoms with Gasteiger partial charge in [-0.3, -0.25) is 24.2 Å². The Kier molecular flexibility index (Phi) is 4.99. The number of ketones is 1. The molecule has 2 aliphatic heterocycles. The molecule has 0 saturated carbocycles. The van der Waals surface area contributed by atoms with Gasteiger partial charge in [0, 0.05) is 13.1 Å². The van der Waals surface area contributed by atoms with Crippen LogP contribution in [0.3, 0.4) is 0 Å². The van der Waals surface area contributed by atoms with Crippen molar-refractivity contribution in [2.75, 3.05) is 26.2 Å². The van der Waals surface area contributed by atoms with Crippen molar-refractivity contribution < 1.29 is 14.4 Å². The Balaban J connectivity index is 1.36. The van der Waals surface area contributed by atoms with E-state index in [1.54, 1.807) is 24.3 Å². The lowest BCUT2D eigenvalue weighted by atomic mass is 9.74. The molecule has 0 aromatic heterocycles. The molecule has 146 valence electrons. The van der Waals surface area contributed by atoms with Gasteiger partial charge in [0.15, 0.2) is 5.78 Å². The number of hydrogen-bond donors (Lipinski definition) is 0. The molecule has 0 atom stereocenters. The molecule has 29 heavy (non-hydrogen) atoms. The number of Topliss-reactive ketones (excluding diaryl/α,β-unsaturated/α-hetero) is 1. The fraction of sp³-hybridized carbons (Fsp3) is 0.304. The van der Waals surface area contributed by atoms with Crippen molar-refractivity contribution in [3.05, 3.63) is 71.3 Å². The molecule has 6 heteroatoms. The van der Waals surface area contributed by atoms with Crippen molar-refractivity contribution in [2.24, 2.45) is 0 Å². The molecule has 1 saturated heterocycles. The van der Waals surface area contributed by atoms with Crippen LogP contribution < -0.4 is 0 Å². The molecule has 2 aliphatic rings. The number of piperidine rings is 1. The summed E-state index contributed by atoms with van der Waals surface area (Å²) in [7, 11) is 0. The Bertz CT molecular complexity index is 967. The van der Waals surface area contributed by atoms with E-state index in [9.17, 15) is 19.6 Å². The molecule has 0 N–H and O–H groups in total. The molecule has 4 rings (SSSR count). The van der Waals surface area contributed by atoms with Crippen LogP contribution in [0.25, 0.3) is 0 Å². The van der Waals surface area contributed by atoms with Gasteiger partial charge in [-0.1, -0.05) is 42.5 Å². The van der Waals surface area contributed by atoms with Crippen LogP contribution in [0.5, 0.6) is 0 Å². The van der Waals surface area contributed by atoms with E-state index in [4.69, 9.17) is 0 Å². The van der Waals surface area contributed by atoms with Crippen LogP contribution in [0, 0.1) is 11.3 Å². The number of imide groups is 1. The summed E-state index contributed by atoms with van der Waals surface area (Å²) in [6.07, 6.45) is 1.29. The first-order valence-electron chi connectivity index (χ1n) is 9.70. The number of fused-ring (bicyclic) bond motifs is 1. The van der Waals surface area contributed by atoms with Gasteiger partial charge in [0.1, 0.15) is 0 Å². The summed E-state index contributed by atoms with van der Waals surface area (Å²) >= 11 is 0. The predicted molar refractivity (Wildman–Crippen MR) is 106 cm³/mol. The Labute approximate surface area is 169 Å². The highest BCUT2D eigenvalue weighted by atomic mass is 16.2. The molecular formula is C23H21N3O3. The van der Waals surface area contributed by atoms with Gasteiger partial charge in [-0.15, -0.1) is 0 Å². The zero-order valence-corrected chi connectivity index (χ0v) is 16.0. The average Bonchev–Trinajstić information content (AvgIpc) is 3.00. The molecule has 2 heterocycles. The number of rotatable bonds is 5. The smallest absolute Gasteiger partial charge is 0.261 e. The zero-order chi connectivity index (χ0) is 20.4. The molecule has 0 spiro atoms. The maximum Gasteiger partial charge on any atom is 0.261 e. The van der Waals surface area contributed by atoms with Crippen LogP contribution in [0.4, 0.5) is 0 Å². The summed E-state index contributed by atoms with van der Waals surface area (Å²) in [4.78, 5) is 40.4. The first-order valence-corrected chi connectivity index (χ1v) is 9.70. The summed E-state index contributed by atoms with van der Waals surface area (Å²) in [6, 6.07) is 18.9. The number of hydrogen-bond acceptors (Lipinski definition) is 5. The van der Waals surface area contributed by atoms with E-state index in [0.29, 0.717) is 37.1 Å². The summed E-state index contributed by atoms with van der Waals surface area (Å²) in [5.74, 6) is -1.00. The maximum absolute atomic E-state index is 12.6. The quantitative estimate of drug-likeness (QED) is 0.736. The van der Waals surface area contributed by atoms with Crippen molar-refractivity contribution >= 4 is 17.6 Å². The van der Waals surface area contributed by atoms with Crippen molar-refractivity contribution in [1.29, 1.82) is 5.26 Å². The second kappa shape index (κ2) is 7.61. The largest absolute Gasteiger partial charge is 0.296 e. The molecule has 6 nitrogen and oxygen atoms in total. The SMILES string of the molecule is N#CC1(c2ccccc2)CCN(CC(=O)CN2C(=O)c3ccccc3C2=O)CC1. The average molecular weight is 387 g/mol. The fourth-order valence-electron chi connectivity index (χ4n) is 4.17. The highest BCUT2D eigenvalue weighted by molar-refractivity contribution is 6.22. The van der Waals surface area contributed by atoms with Crippen LogP contribution in [-0.2, 0) is 10.2 Å². The second-order valence-electron chi connectivity index (χ2n) is 7.62. The molecular weight excluding hydrogens is 366 g/mol. The van der Waals surface area contributed by atoms with Gasteiger partial charge in [-0.2, -0.15) is 5.26 Å². The lowest BCUT2D eigenvalue weighted by Gasteiger charge is -2.37. The van der Waals surface area contributed by atoms with Gasteiger partial charge in [-0.05, 0) is 30.5 Å². The summed E-state index contributed by atoms with van der Waals surface area (Å²) < 4.78 is 0. The van der Waals surface area contributed by atoms with Crippen molar-refractivity contribution in [3.63, 3.8) is 0 Å². The van der Waals surface area contributed by atoms with E-state index in [0.717, 1.165) is 10.5 Å². The topological polar surface area (TPSA) is 81.5 Å². The van der Waals surface area contributed by atoms with E-state index >= 15 is 0 Å². The van der Waals surface area contributed by atoms with Gasteiger partial charge in [0.05, 0.1) is 35.7 Å². The van der Waals surface area contributed by atoms with Crippen LogP contribution in [-0.4, -0.2) is 53.6 Å². The van der Waals surface area contributed by atoms with E-state index in [-0.39, 0.29) is 18.9 Å². The van der Waals surface area contributed by atoms with Gasteiger partial charge in [-0.25, -0.2) is 0 Å². The first kappa shape index (κ1) is 19.0. The normalized spacial score (nSPS) is 18.4. The molecule has 0 aliphatic carbocycles. The van der Waals surface area contributed by atoms with E-state index in [2.05, 4.69) is 6.07 Å². The maximum atomic E-state index is 12.6. The third-order valence-electron chi connectivity index (χ3n) is 5.86. The minimum absolute atomic E-state index is 0.170. The van der Waals surface area contributed by atoms with Crippen molar-refractivity contribution in [1.82, 2.24) is 9.80 Å². The lowest BCUT2D eigenvalue weighted by molar-refractivity contribution is -0.120. The van der Waals surface area contributed by atoms with E-state index in [1.807, 2.05) is 35.2 Å². The highest BCUT2D eigenvalue weighted by Gasteiger charge is 2.38. The third-order valence-corrected chi connectivity index (χ3v) is 5.86. The summed E-state index contributed by atoms with van der Waals surface area (Å²) in [5, 5.41) is 9.78. The Morgan fingerprint density at radius 1 is 0.897 bits per heavy atom. The van der Waals surface area contributed by atoms with Crippen LogP contribution in [0.15, 0.2) is 54.6 Å².